The van der Waals surface area contributed by atoms with Gasteiger partial charge in [-0.25, -0.2) is 14.3 Å². The first-order valence-corrected chi connectivity index (χ1v) is 11.2. The van der Waals surface area contributed by atoms with Gasteiger partial charge in [-0.15, -0.1) is 11.3 Å². The van der Waals surface area contributed by atoms with Gasteiger partial charge in [0, 0.05) is 17.9 Å². The highest BCUT2D eigenvalue weighted by molar-refractivity contribution is 8.00. The van der Waals surface area contributed by atoms with Gasteiger partial charge in [-0.2, -0.15) is 0 Å². The number of nitro groups is 1. The van der Waals surface area contributed by atoms with E-state index in [1.807, 2.05) is 6.07 Å². The van der Waals surface area contributed by atoms with E-state index in [1.54, 1.807) is 24.3 Å². The first-order valence-electron chi connectivity index (χ1n) is 9.36. The maximum absolute atomic E-state index is 13.4. The third-order valence-corrected chi connectivity index (χ3v) is 7.18. The lowest BCUT2D eigenvalue weighted by molar-refractivity contribution is -0.384. The molecule has 2 amide bonds. The fraction of sp³-hybridized carbons (Fsp3) is 0.0455. The van der Waals surface area contributed by atoms with Crippen molar-refractivity contribution in [3.8, 4) is 0 Å². The fourth-order valence-electron chi connectivity index (χ4n) is 3.44. The molecule has 1 aromatic heterocycles. The van der Waals surface area contributed by atoms with Crippen LogP contribution in [0.1, 0.15) is 26.3 Å². The number of carbonyl (C=O) groups is 2. The molecule has 0 spiro atoms. The van der Waals surface area contributed by atoms with Crippen LogP contribution in [0.5, 0.6) is 0 Å². The maximum atomic E-state index is 13.4. The van der Waals surface area contributed by atoms with Gasteiger partial charge >= 0.3 is 0 Å². The summed E-state index contributed by atoms with van der Waals surface area (Å²) in [7, 11) is 0. The summed E-state index contributed by atoms with van der Waals surface area (Å²) in [5.41, 5.74) is 1.83. The third kappa shape index (κ3) is 3.53. The number of aromatic nitrogens is 1. The van der Waals surface area contributed by atoms with Crippen LogP contribution in [-0.2, 0) is 5.75 Å². The van der Waals surface area contributed by atoms with Crippen molar-refractivity contribution in [1.82, 2.24) is 4.98 Å². The number of carbonyl (C=O) groups excluding carboxylic acids is 2. The molecule has 10 heteroatoms. The zero-order valence-electron chi connectivity index (χ0n) is 16.1. The van der Waals surface area contributed by atoms with Crippen LogP contribution in [0.2, 0.25) is 0 Å². The van der Waals surface area contributed by atoms with Gasteiger partial charge in [-0.05, 0) is 42.0 Å². The Morgan fingerprint density at radius 1 is 1.03 bits per heavy atom. The zero-order valence-corrected chi connectivity index (χ0v) is 17.8. The molecule has 158 valence electrons. The van der Waals surface area contributed by atoms with Crippen LogP contribution in [0.4, 0.5) is 15.8 Å². The molecule has 5 rings (SSSR count). The SMILES string of the molecule is O=C1c2ccc([N+](=O)[O-])cc2C(=O)N1c1ccc2nc(SCc3cccc(F)c3)sc2c1. The molecular formula is C22H12FN3O4S2. The number of imide groups is 1. The number of thiazole rings is 1. The highest BCUT2D eigenvalue weighted by Gasteiger charge is 2.38. The molecule has 0 N–H and O–H groups in total. The van der Waals surface area contributed by atoms with Gasteiger partial charge in [-0.3, -0.25) is 19.7 Å². The van der Waals surface area contributed by atoms with E-state index in [0.717, 1.165) is 25.6 Å². The molecule has 3 aromatic carbocycles. The molecule has 0 saturated carbocycles. The van der Waals surface area contributed by atoms with E-state index in [0.29, 0.717) is 17.0 Å². The Kier molecular flexibility index (Phi) is 4.95. The topological polar surface area (TPSA) is 93.4 Å². The number of amides is 2. The van der Waals surface area contributed by atoms with Crippen molar-refractivity contribution < 1.29 is 18.9 Å². The van der Waals surface area contributed by atoms with E-state index in [1.165, 1.54) is 47.4 Å². The number of nitro benzene ring substituents is 1. The number of hydrogen-bond acceptors (Lipinski definition) is 7. The largest absolute Gasteiger partial charge is 0.270 e. The normalized spacial score (nSPS) is 13.1. The number of thioether (sulfide) groups is 1. The van der Waals surface area contributed by atoms with Crippen LogP contribution >= 0.6 is 23.1 Å². The molecule has 4 aromatic rings. The number of anilines is 1. The van der Waals surface area contributed by atoms with Crippen LogP contribution in [0.15, 0.2) is 65.0 Å². The van der Waals surface area contributed by atoms with Gasteiger partial charge in [0.2, 0.25) is 0 Å². The summed E-state index contributed by atoms with van der Waals surface area (Å²) >= 11 is 2.88. The number of halogens is 1. The Hall–Kier alpha value is -3.63. The van der Waals surface area contributed by atoms with E-state index in [9.17, 15) is 24.1 Å². The molecule has 0 unspecified atom stereocenters. The molecule has 0 radical (unpaired) electrons. The quantitative estimate of drug-likeness (QED) is 0.169. The minimum absolute atomic E-state index is 0.0138. The minimum atomic E-state index is -0.604. The lowest BCUT2D eigenvalue weighted by Crippen LogP contribution is -2.29. The average Bonchev–Trinajstić information content (AvgIpc) is 3.29. The Morgan fingerprint density at radius 3 is 2.62 bits per heavy atom. The van der Waals surface area contributed by atoms with Crippen LogP contribution in [0.25, 0.3) is 10.2 Å². The minimum Gasteiger partial charge on any atom is -0.268 e. The van der Waals surface area contributed by atoms with Gasteiger partial charge in [-0.1, -0.05) is 23.9 Å². The molecule has 7 nitrogen and oxygen atoms in total. The molecule has 0 bridgehead atoms. The number of nitrogens with zero attached hydrogens (tertiary/aromatic N) is 3. The number of benzene rings is 3. The van der Waals surface area contributed by atoms with Crippen molar-refractivity contribution in [2.75, 3.05) is 4.90 Å². The van der Waals surface area contributed by atoms with Gasteiger partial charge in [0.25, 0.3) is 17.5 Å². The second-order valence-electron chi connectivity index (χ2n) is 6.98. The number of non-ortho nitro benzene ring substituents is 1. The van der Waals surface area contributed by atoms with Gasteiger partial charge in [0.15, 0.2) is 4.34 Å². The van der Waals surface area contributed by atoms with E-state index >= 15 is 0 Å². The van der Waals surface area contributed by atoms with E-state index in [4.69, 9.17) is 0 Å². The third-order valence-electron chi connectivity index (χ3n) is 4.94. The van der Waals surface area contributed by atoms with Crippen molar-refractivity contribution in [3.63, 3.8) is 0 Å². The summed E-state index contributed by atoms with van der Waals surface area (Å²) in [6.45, 7) is 0. The van der Waals surface area contributed by atoms with Crippen molar-refractivity contribution in [2.24, 2.45) is 0 Å². The van der Waals surface area contributed by atoms with E-state index in [-0.39, 0.29) is 22.6 Å². The predicted molar refractivity (Wildman–Crippen MR) is 120 cm³/mol. The number of hydrogen-bond donors (Lipinski definition) is 0. The first kappa shape index (κ1) is 20.3. The molecule has 1 aliphatic rings. The average molecular weight is 465 g/mol. The van der Waals surface area contributed by atoms with Gasteiger partial charge in [0.1, 0.15) is 5.82 Å². The molecule has 0 saturated heterocycles. The molecule has 32 heavy (non-hydrogen) atoms. The molecule has 0 aliphatic carbocycles. The Bertz CT molecular complexity index is 1440. The van der Waals surface area contributed by atoms with Gasteiger partial charge < -0.3 is 0 Å². The summed E-state index contributed by atoms with van der Waals surface area (Å²) in [6, 6.07) is 15.1. The summed E-state index contributed by atoms with van der Waals surface area (Å²) in [4.78, 5) is 41.6. The highest BCUT2D eigenvalue weighted by atomic mass is 32.2. The monoisotopic (exact) mass is 465 g/mol. The summed E-state index contributed by atoms with van der Waals surface area (Å²) in [5, 5.41) is 11.0. The van der Waals surface area contributed by atoms with E-state index < -0.39 is 16.7 Å². The van der Waals surface area contributed by atoms with E-state index in [2.05, 4.69) is 4.98 Å². The molecule has 0 atom stereocenters. The highest BCUT2D eigenvalue weighted by Crippen LogP contribution is 2.36. The second kappa shape index (κ2) is 7.81. The lowest BCUT2D eigenvalue weighted by Gasteiger charge is -2.13. The molecule has 2 heterocycles. The van der Waals surface area contributed by atoms with Crippen molar-refractivity contribution >= 4 is 56.5 Å². The fourth-order valence-corrected chi connectivity index (χ4v) is 5.49. The Morgan fingerprint density at radius 2 is 1.84 bits per heavy atom. The Labute approximate surface area is 188 Å². The van der Waals surface area contributed by atoms with Crippen LogP contribution in [-0.4, -0.2) is 21.7 Å². The van der Waals surface area contributed by atoms with Gasteiger partial charge in [0.05, 0.1) is 32.0 Å². The van der Waals surface area contributed by atoms with Crippen LogP contribution in [0, 0.1) is 15.9 Å². The van der Waals surface area contributed by atoms with Crippen molar-refractivity contribution in [3.05, 3.63) is 93.3 Å². The van der Waals surface area contributed by atoms with Crippen LogP contribution in [0.3, 0.4) is 0 Å². The second-order valence-corrected chi connectivity index (χ2v) is 9.24. The first-order chi connectivity index (χ1) is 15.4. The van der Waals surface area contributed by atoms with Crippen LogP contribution < -0.4 is 4.90 Å². The molecule has 1 aliphatic heterocycles. The predicted octanol–water partition coefficient (Wildman–Crippen LogP) is 5.44. The van der Waals surface area contributed by atoms with Crippen molar-refractivity contribution in [1.29, 1.82) is 0 Å². The Balaban J connectivity index is 1.42. The standard InChI is InChI=1S/C22H12FN3O4S2/c23-13-3-1-2-12(8-13)11-31-22-24-18-7-5-14(10-19(18)32-22)25-20(27)16-6-4-15(26(29)30)9-17(16)21(25)28/h1-10H,11H2. The smallest absolute Gasteiger partial charge is 0.268 e. The molecular weight excluding hydrogens is 453 g/mol. The maximum Gasteiger partial charge on any atom is 0.270 e. The summed E-state index contributed by atoms with van der Waals surface area (Å²) in [6.07, 6.45) is 0. The number of rotatable bonds is 5. The summed E-state index contributed by atoms with van der Waals surface area (Å²) in [5.74, 6) is -0.854. The number of fused-ring (bicyclic) bond motifs is 2. The van der Waals surface area contributed by atoms with Crippen molar-refractivity contribution in [2.45, 2.75) is 10.1 Å². The summed E-state index contributed by atoms with van der Waals surface area (Å²) < 4.78 is 14.9. The zero-order chi connectivity index (χ0) is 22.4. The lowest BCUT2D eigenvalue weighted by atomic mass is 10.1. The molecule has 0 fully saturated rings.